The molecule has 21 heavy (non-hydrogen) atoms. The minimum absolute atomic E-state index is 0.243. The van der Waals surface area contributed by atoms with E-state index in [1.54, 1.807) is 42.6 Å². The fourth-order valence-corrected chi connectivity index (χ4v) is 1.69. The number of benzene rings is 1. The Bertz CT molecular complexity index is 686. The van der Waals surface area contributed by atoms with Crippen LogP contribution in [-0.2, 0) is 0 Å². The zero-order valence-electron chi connectivity index (χ0n) is 11.3. The molecular formula is C16H14N4O. The van der Waals surface area contributed by atoms with E-state index in [-0.39, 0.29) is 5.91 Å². The third-order valence-electron chi connectivity index (χ3n) is 2.68. The number of hydrogen-bond acceptors (Lipinski definition) is 4. The molecule has 0 aliphatic carbocycles. The molecule has 0 spiro atoms. The summed E-state index contributed by atoms with van der Waals surface area (Å²) in [5.74, 6) is -0.243. The number of nitrogens with zero attached hydrogens (tertiary/aromatic N) is 2. The van der Waals surface area contributed by atoms with Gasteiger partial charge in [-0.3, -0.25) is 4.79 Å². The molecule has 0 saturated carbocycles. The summed E-state index contributed by atoms with van der Waals surface area (Å²) in [6, 6.07) is 12.6. The monoisotopic (exact) mass is 278 g/mol. The van der Waals surface area contributed by atoms with Gasteiger partial charge in [0.1, 0.15) is 5.69 Å². The van der Waals surface area contributed by atoms with Gasteiger partial charge in [-0.2, -0.15) is 5.26 Å². The number of nitrogens with one attached hydrogen (secondary N) is 2. The molecule has 0 aliphatic rings. The molecule has 0 fully saturated rings. The molecule has 0 aliphatic heterocycles. The number of amides is 1. The summed E-state index contributed by atoms with van der Waals surface area (Å²) in [5, 5.41) is 14.6. The normalized spacial score (nSPS) is 9.48. The average molecular weight is 278 g/mol. The Morgan fingerprint density at radius 2 is 2.19 bits per heavy atom. The zero-order chi connectivity index (χ0) is 15.1. The summed E-state index contributed by atoms with van der Waals surface area (Å²) in [7, 11) is 0. The third-order valence-corrected chi connectivity index (χ3v) is 2.68. The molecule has 1 heterocycles. The van der Waals surface area contributed by atoms with Crippen molar-refractivity contribution in [2.45, 2.75) is 0 Å². The third kappa shape index (κ3) is 3.91. The first-order valence-corrected chi connectivity index (χ1v) is 6.35. The molecule has 5 nitrogen and oxygen atoms in total. The minimum atomic E-state index is -0.243. The number of carbonyl (C=O) groups excluding carboxylic acids is 1. The average Bonchev–Trinajstić information content (AvgIpc) is 2.53. The van der Waals surface area contributed by atoms with Crippen molar-refractivity contribution in [1.82, 2.24) is 10.3 Å². The molecule has 104 valence electrons. The van der Waals surface area contributed by atoms with Gasteiger partial charge in [-0.05, 0) is 30.3 Å². The molecule has 0 radical (unpaired) electrons. The van der Waals surface area contributed by atoms with Crippen molar-refractivity contribution in [3.8, 4) is 6.07 Å². The molecule has 0 saturated heterocycles. The fourth-order valence-electron chi connectivity index (χ4n) is 1.69. The molecule has 2 N–H and O–H groups in total. The summed E-state index contributed by atoms with van der Waals surface area (Å²) in [6.45, 7) is 3.94. The van der Waals surface area contributed by atoms with Crippen molar-refractivity contribution in [1.29, 1.82) is 5.26 Å². The number of aromatic nitrogens is 1. The zero-order valence-corrected chi connectivity index (χ0v) is 11.3. The van der Waals surface area contributed by atoms with Gasteiger partial charge < -0.3 is 10.6 Å². The number of carbonyl (C=O) groups is 1. The van der Waals surface area contributed by atoms with Crippen molar-refractivity contribution >= 4 is 17.3 Å². The lowest BCUT2D eigenvalue weighted by atomic mass is 10.2. The van der Waals surface area contributed by atoms with E-state index in [2.05, 4.69) is 28.3 Å². The number of nitriles is 1. The fraction of sp³-hybridized carbons (Fsp3) is 0.0625. The number of pyridine rings is 1. The molecule has 1 aromatic carbocycles. The Morgan fingerprint density at radius 1 is 1.33 bits per heavy atom. The molecular weight excluding hydrogens is 264 g/mol. The van der Waals surface area contributed by atoms with Crippen LogP contribution in [0.15, 0.2) is 55.3 Å². The molecule has 1 aromatic heterocycles. The van der Waals surface area contributed by atoms with Gasteiger partial charge in [0, 0.05) is 12.2 Å². The first-order chi connectivity index (χ1) is 10.2. The van der Waals surface area contributed by atoms with Crippen LogP contribution in [0.5, 0.6) is 0 Å². The van der Waals surface area contributed by atoms with Crippen LogP contribution in [-0.4, -0.2) is 17.4 Å². The van der Waals surface area contributed by atoms with Crippen molar-refractivity contribution in [3.05, 3.63) is 66.5 Å². The maximum absolute atomic E-state index is 11.7. The van der Waals surface area contributed by atoms with E-state index in [4.69, 9.17) is 5.26 Å². The Balaban J connectivity index is 2.07. The van der Waals surface area contributed by atoms with E-state index < -0.39 is 0 Å². The summed E-state index contributed by atoms with van der Waals surface area (Å²) < 4.78 is 0. The SMILES string of the molecule is C=CCNC(=O)c1ccc(Nc2cccc(C#N)c2)cn1. The van der Waals surface area contributed by atoms with Gasteiger partial charge in [0.2, 0.25) is 0 Å². The van der Waals surface area contributed by atoms with Gasteiger partial charge in [0.25, 0.3) is 5.91 Å². The number of rotatable bonds is 5. The second kappa shape index (κ2) is 6.87. The molecule has 2 aromatic rings. The van der Waals surface area contributed by atoms with Gasteiger partial charge >= 0.3 is 0 Å². The first kappa shape index (κ1) is 14.3. The predicted octanol–water partition coefficient (Wildman–Crippen LogP) is 2.61. The quantitative estimate of drug-likeness (QED) is 0.824. The maximum Gasteiger partial charge on any atom is 0.270 e. The highest BCUT2D eigenvalue weighted by Crippen LogP contribution is 2.16. The van der Waals surface area contributed by atoms with Gasteiger partial charge in [0.05, 0.1) is 23.5 Å². The van der Waals surface area contributed by atoms with Crippen LogP contribution in [0.2, 0.25) is 0 Å². The Morgan fingerprint density at radius 3 is 2.86 bits per heavy atom. The van der Waals surface area contributed by atoms with Crippen LogP contribution < -0.4 is 10.6 Å². The lowest BCUT2D eigenvalue weighted by molar-refractivity contribution is 0.0953. The Labute approximate surface area is 122 Å². The standard InChI is InChI=1S/C16H14N4O/c1-2-8-18-16(21)15-7-6-14(11-19-15)20-13-5-3-4-12(9-13)10-17/h2-7,9,11,20H,1,8H2,(H,18,21). The van der Waals surface area contributed by atoms with Crippen molar-refractivity contribution in [2.24, 2.45) is 0 Å². The van der Waals surface area contributed by atoms with Gasteiger partial charge in [0.15, 0.2) is 0 Å². The van der Waals surface area contributed by atoms with Crippen molar-refractivity contribution in [3.63, 3.8) is 0 Å². The number of hydrogen-bond donors (Lipinski definition) is 2. The summed E-state index contributed by atoms with van der Waals surface area (Å²) in [4.78, 5) is 15.8. The van der Waals surface area contributed by atoms with Crippen molar-refractivity contribution in [2.75, 3.05) is 11.9 Å². The van der Waals surface area contributed by atoms with Crippen LogP contribution in [0.1, 0.15) is 16.1 Å². The van der Waals surface area contributed by atoms with Crippen LogP contribution >= 0.6 is 0 Å². The molecule has 2 rings (SSSR count). The van der Waals surface area contributed by atoms with Crippen LogP contribution in [0, 0.1) is 11.3 Å². The molecule has 5 heteroatoms. The molecule has 0 bridgehead atoms. The highest BCUT2D eigenvalue weighted by molar-refractivity contribution is 5.92. The minimum Gasteiger partial charge on any atom is -0.354 e. The van der Waals surface area contributed by atoms with Crippen LogP contribution in [0.3, 0.4) is 0 Å². The van der Waals surface area contributed by atoms with Crippen molar-refractivity contribution < 1.29 is 4.79 Å². The van der Waals surface area contributed by atoms with E-state index in [9.17, 15) is 4.79 Å². The Hall–Kier alpha value is -3.13. The Kier molecular flexibility index (Phi) is 4.67. The predicted molar refractivity (Wildman–Crippen MR) is 81.2 cm³/mol. The van der Waals surface area contributed by atoms with Gasteiger partial charge in [-0.25, -0.2) is 4.98 Å². The van der Waals surface area contributed by atoms with E-state index in [1.807, 2.05) is 6.07 Å². The molecule has 1 amide bonds. The second-order valence-electron chi connectivity index (χ2n) is 4.25. The largest absolute Gasteiger partial charge is 0.354 e. The first-order valence-electron chi connectivity index (χ1n) is 6.35. The summed E-state index contributed by atoms with van der Waals surface area (Å²) in [5.41, 5.74) is 2.45. The maximum atomic E-state index is 11.7. The number of anilines is 2. The molecule has 0 unspecified atom stereocenters. The van der Waals surface area contributed by atoms with E-state index in [1.165, 1.54) is 0 Å². The van der Waals surface area contributed by atoms with Gasteiger partial charge in [-0.15, -0.1) is 6.58 Å². The van der Waals surface area contributed by atoms with Crippen LogP contribution in [0.4, 0.5) is 11.4 Å². The lowest BCUT2D eigenvalue weighted by Gasteiger charge is -2.07. The van der Waals surface area contributed by atoms with Crippen LogP contribution in [0.25, 0.3) is 0 Å². The highest BCUT2D eigenvalue weighted by Gasteiger charge is 2.05. The highest BCUT2D eigenvalue weighted by atomic mass is 16.1. The smallest absolute Gasteiger partial charge is 0.270 e. The second-order valence-corrected chi connectivity index (χ2v) is 4.25. The summed E-state index contributed by atoms with van der Waals surface area (Å²) in [6.07, 6.45) is 3.18. The molecule has 0 atom stereocenters. The summed E-state index contributed by atoms with van der Waals surface area (Å²) >= 11 is 0. The van der Waals surface area contributed by atoms with E-state index in [0.29, 0.717) is 17.8 Å². The van der Waals surface area contributed by atoms with Gasteiger partial charge in [-0.1, -0.05) is 12.1 Å². The lowest BCUT2D eigenvalue weighted by Crippen LogP contribution is -2.24. The van der Waals surface area contributed by atoms with E-state index >= 15 is 0 Å². The topological polar surface area (TPSA) is 77.8 Å². The van der Waals surface area contributed by atoms with E-state index in [0.717, 1.165) is 11.4 Å².